The Morgan fingerprint density at radius 3 is 2.15 bits per heavy atom. The zero-order valence-electron chi connectivity index (χ0n) is 24.6. The number of benzene rings is 2. The average Bonchev–Trinajstić information content (AvgIpc) is 3.04. The van der Waals surface area contributed by atoms with Crippen LogP contribution in [0.15, 0.2) is 54.7 Å². The van der Waals surface area contributed by atoms with Crippen molar-refractivity contribution in [1.82, 2.24) is 15.2 Å². The van der Waals surface area contributed by atoms with Crippen LogP contribution in [0.5, 0.6) is 5.75 Å². The summed E-state index contributed by atoms with van der Waals surface area (Å²) in [5.74, 6) is -6.73. The largest absolute Gasteiger partial charge is 0.497 e. The number of hydrogen-bond acceptors (Lipinski definition) is 11. The Morgan fingerprint density at radius 2 is 1.59 bits per heavy atom. The number of carboxylic acids is 4. The lowest BCUT2D eigenvalue weighted by atomic mass is 10.0. The fraction of sp³-hybridized carbons (Fsp3) is 0.300. The van der Waals surface area contributed by atoms with Crippen molar-refractivity contribution < 1.29 is 54.2 Å². The second kappa shape index (κ2) is 18.2. The maximum atomic E-state index is 12.3. The summed E-state index contributed by atoms with van der Waals surface area (Å²) in [6.07, 6.45) is 2.87. The Kier molecular flexibility index (Phi) is 14.5. The minimum Gasteiger partial charge on any atom is -0.497 e. The van der Waals surface area contributed by atoms with Crippen molar-refractivity contribution in [3.05, 3.63) is 65.9 Å². The number of aromatic nitrogens is 1. The van der Waals surface area contributed by atoms with Gasteiger partial charge in [0.05, 0.1) is 36.5 Å². The molecule has 0 bridgehead atoms. The molecule has 1 amide bonds. The average molecular weight is 640 g/mol. The molecule has 1 atom stereocenters. The number of pyridine rings is 1. The van der Waals surface area contributed by atoms with Gasteiger partial charge in [-0.25, -0.2) is 19.2 Å². The van der Waals surface area contributed by atoms with Crippen LogP contribution in [0.4, 0.5) is 5.69 Å². The molecule has 16 heteroatoms. The van der Waals surface area contributed by atoms with E-state index in [0.29, 0.717) is 17.8 Å². The molecule has 46 heavy (non-hydrogen) atoms. The van der Waals surface area contributed by atoms with Crippen molar-refractivity contribution in [3.63, 3.8) is 0 Å². The number of para-hydroxylation sites is 1. The number of likely N-dealkylation sites (tertiary alicyclic amines) is 1. The number of nitrogens with one attached hydrogen (secondary N) is 2. The number of nitriles is 1. The number of aliphatic carboxylic acids is 4. The number of aliphatic hydroxyl groups is 1. The van der Waals surface area contributed by atoms with Gasteiger partial charge in [0.25, 0.3) is 0 Å². The molecule has 1 aliphatic heterocycles. The third kappa shape index (κ3) is 11.8. The van der Waals surface area contributed by atoms with Crippen LogP contribution in [-0.2, 0) is 24.0 Å². The Morgan fingerprint density at radius 1 is 0.978 bits per heavy atom. The first-order chi connectivity index (χ1) is 21.9. The van der Waals surface area contributed by atoms with Crippen molar-refractivity contribution in [2.24, 2.45) is 0 Å². The van der Waals surface area contributed by atoms with Gasteiger partial charge in [0, 0.05) is 24.2 Å². The number of aliphatic hydroxyl groups excluding tert-OH is 1. The van der Waals surface area contributed by atoms with E-state index >= 15 is 0 Å². The van der Waals surface area contributed by atoms with E-state index in [0.717, 1.165) is 48.1 Å². The van der Waals surface area contributed by atoms with Crippen LogP contribution < -0.4 is 15.4 Å². The van der Waals surface area contributed by atoms with Gasteiger partial charge in [0.2, 0.25) is 5.91 Å². The molecule has 244 valence electrons. The lowest BCUT2D eigenvalue weighted by Gasteiger charge is -2.33. The summed E-state index contributed by atoms with van der Waals surface area (Å²) in [5, 5.41) is 56.7. The van der Waals surface area contributed by atoms with Crippen molar-refractivity contribution in [2.45, 2.75) is 25.0 Å². The minimum atomic E-state index is -1.82. The van der Waals surface area contributed by atoms with Crippen LogP contribution in [0.1, 0.15) is 30.1 Å². The van der Waals surface area contributed by atoms with Gasteiger partial charge in [0.15, 0.2) is 0 Å². The SMILES string of the molecule is COc1ccc2nccc([C@@H](O)CN3CCC(NCC(=O)Nc4ccccc4C#N)CC3)c2c1.O=C(O)C(=O)O.O=C(O)C(=O)O. The highest BCUT2D eigenvalue weighted by Gasteiger charge is 2.23. The quantitative estimate of drug-likeness (QED) is 0.171. The first-order valence-electron chi connectivity index (χ1n) is 13.6. The molecule has 1 aliphatic rings. The molecular weight excluding hydrogens is 606 g/mol. The number of β-amino-alcohol motifs (C(OH)–C–C–N with tert-alkyl or cyclic N) is 1. The number of fused-ring (bicyclic) bond motifs is 1. The summed E-state index contributed by atoms with van der Waals surface area (Å²) in [7, 11) is 1.63. The molecule has 0 spiro atoms. The second-order valence-electron chi connectivity index (χ2n) is 9.68. The minimum absolute atomic E-state index is 0.166. The van der Waals surface area contributed by atoms with Gasteiger partial charge < -0.3 is 45.8 Å². The van der Waals surface area contributed by atoms with Crippen LogP contribution >= 0.6 is 0 Å². The highest BCUT2D eigenvalue weighted by molar-refractivity contribution is 6.27. The summed E-state index contributed by atoms with van der Waals surface area (Å²) in [6, 6.07) is 16.8. The van der Waals surface area contributed by atoms with E-state index in [1.165, 1.54) is 0 Å². The molecule has 0 aliphatic carbocycles. The number of carbonyl (C=O) groups excluding carboxylic acids is 1. The smallest absolute Gasteiger partial charge is 0.414 e. The molecule has 0 saturated carbocycles. The van der Waals surface area contributed by atoms with Crippen LogP contribution in [0.25, 0.3) is 10.9 Å². The van der Waals surface area contributed by atoms with Gasteiger partial charge in [-0.1, -0.05) is 12.1 Å². The van der Waals surface area contributed by atoms with Gasteiger partial charge in [-0.3, -0.25) is 9.78 Å². The summed E-state index contributed by atoms with van der Waals surface area (Å²) < 4.78 is 5.33. The molecule has 2 aromatic carbocycles. The normalized spacial score (nSPS) is 13.4. The zero-order chi connectivity index (χ0) is 34.2. The molecule has 16 nitrogen and oxygen atoms in total. The first-order valence-corrected chi connectivity index (χ1v) is 13.6. The van der Waals surface area contributed by atoms with Crippen molar-refractivity contribution in [1.29, 1.82) is 5.26 Å². The number of ether oxygens (including phenoxy) is 1. The molecule has 0 unspecified atom stereocenters. The highest BCUT2D eigenvalue weighted by atomic mass is 16.5. The third-order valence-electron chi connectivity index (χ3n) is 6.60. The number of carboxylic acid groups (broad SMARTS) is 4. The molecule has 1 saturated heterocycles. The van der Waals surface area contributed by atoms with Gasteiger partial charge >= 0.3 is 23.9 Å². The monoisotopic (exact) mass is 639 g/mol. The molecular formula is C30H33N5O11. The van der Waals surface area contributed by atoms with E-state index in [1.807, 2.05) is 24.3 Å². The predicted octanol–water partition coefficient (Wildman–Crippen LogP) is 1.15. The number of methoxy groups -OCH3 is 1. The van der Waals surface area contributed by atoms with Gasteiger partial charge in [-0.05, 0) is 67.9 Å². The van der Waals surface area contributed by atoms with Gasteiger partial charge in [-0.2, -0.15) is 5.26 Å². The molecule has 0 radical (unpaired) electrons. The van der Waals surface area contributed by atoms with E-state index in [1.54, 1.807) is 37.6 Å². The molecule has 4 rings (SSSR count). The second-order valence-corrected chi connectivity index (χ2v) is 9.68. The van der Waals surface area contributed by atoms with Crippen LogP contribution in [0.3, 0.4) is 0 Å². The van der Waals surface area contributed by atoms with Crippen molar-refractivity contribution >= 4 is 46.4 Å². The Labute approximate surface area is 262 Å². The Balaban J connectivity index is 0.000000522. The fourth-order valence-electron chi connectivity index (χ4n) is 4.35. The number of nitrogens with zero attached hydrogens (tertiary/aromatic N) is 3. The zero-order valence-corrected chi connectivity index (χ0v) is 24.6. The number of piperidine rings is 1. The van der Waals surface area contributed by atoms with E-state index in [2.05, 4.69) is 26.6 Å². The van der Waals surface area contributed by atoms with E-state index in [4.69, 9.17) is 49.6 Å². The van der Waals surface area contributed by atoms with Crippen molar-refractivity contribution in [2.75, 3.05) is 38.6 Å². The summed E-state index contributed by atoms with van der Waals surface area (Å²) in [5.41, 5.74) is 2.65. The fourth-order valence-corrected chi connectivity index (χ4v) is 4.35. The number of carbonyl (C=O) groups is 5. The van der Waals surface area contributed by atoms with Gasteiger partial charge in [0.1, 0.15) is 11.8 Å². The molecule has 1 fully saturated rings. The maximum absolute atomic E-state index is 12.3. The van der Waals surface area contributed by atoms with Crippen LogP contribution in [0, 0.1) is 11.3 Å². The summed E-state index contributed by atoms with van der Waals surface area (Å²) in [6.45, 7) is 2.40. The standard InChI is InChI=1S/C26H29N5O3.2C2H2O4/c1-34-20-6-7-24-22(14-20)21(8-11-28-24)25(32)17-31-12-9-19(10-13-31)29-16-26(33)30-23-5-3-2-4-18(23)15-27;2*3-1(4)2(5)6/h2-8,11,14,19,25,29,32H,9-10,12-13,16-17H2,1H3,(H,30,33);2*(H,3,4)(H,5,6)/t25-;;/m0../s1. The van der Waals surface area contributed by atoms with Crippen molar-refractivity contribution in [3.8, 4) is 11.8 Å². The Bertz CT molecular complexity index is 1530. The topological polar surface area (TPSA) is 260 Å². The summed E-state index contributed by atoms with van der Waals surface area (Å²) in [4.78, 5) is 55.3. The predicted molar refractivity (Wildman–Crippen MR) is 161 cm³/mol. The highest BCUT2D eigenvalue weighted by Crippen LogP contribution is 2.27. The van der Waals surface area contributed by atoms with E-state index < -0.39 is 30.0 Å². The summed E-state index contributed by atoms with van der Waals surface area (Å²) >= 11 is 0. The maximum Gasteiger partial charge on any atom is 0.414 e. The molecule has 2 heterocycles. The van der Waals surface area contributed by atoms with Crippen LogP contribution in [-0.4, -0.2) is 105 Å². The van der Waals surface area contributed by atoms with Gasteiger partial charge in [-0.15, -0.1) is 0 Å². The first kappa shape index (κ1) is 36.6. The number of anilines is 1. The lowest BCUT2D eigenvalue weighted by molar-refractivity contribution is -0.159. The van der Waals surface area contributed by atoms with E-state index in [-0.39, 0.29) is 18.5 Å². The van der Waals surface area contributed by atoms with E-state index in [9.17, 15) is 9.90 Å². The molecule has 3 aromatic rings. The number of hydrogen-bond donors (Lipinski definition) is 7. The van der Waals surface area contributed by atoms with Crippen LogP contribution in [0.2, 0.25) is 0 Å². The molecule has 1 aromatic heterocycles. The third-order valence-corrected chi connectivity index (χ3v) is 6.60. The lowest BCUT2D eigenvalue weighted by Crippen LogP contribution is -2.45. The number of rotatable bonds is 8. The molecule has 7 N–H and O–H groups in total. The number of amides is 1. The Hall–Kier alpha value is -5.63.